The molecule has 2 rings (SSSR count). The fourth-order valence-electron chi connectivity index (χ4n) is 2.69. The maximum atomic E-state index is 3.59. The first-order valence-electron chi connectivity index (χ1n) is 7.38. The monoisotopic (exact) mass is 278 g/mol. The smallest absolute Gasteiger partial charge is 0.0472 e. The molecule has 1 aromatic carbocycles. The molecule has 1 aliphatic rings. The predicted octanol–water partition coefficient (Wildman–Crippen LogP) is 3.16. The summed E-state index contributed by atoms with van der Waals surface area (Å²) < 4.78 is 0. The molecule has 106 valence electrons. The minimum absolute atomic E-state index is 0.497. The van der Waals surface area contributed by atoms with E-state index in [1.807, 2.05) is 0 Å². The van der Waals surface area contributed by atoms with E-state index in [0.29, 0.717) is 6.04 Å². The molecule has 1 aliphatic heterocycles. The lowest BCUT2D eigenvalue weighted by Crippen LogP contribution is -2.40. The summed E-state index contributed by atoms with van der Waals surface area (Å²) in [7, 11) is 2.29. The maximum absolute atomic E-state index is 3.59. The van der Waals surface area contributed by atoms with Crippen molar-refractivity contribution in [1.29, 1.82) is 0 Å². The van der Waals surface area contributed by atoms with Crippen molar-refractivity contribution in [2.24, 2.45) is 0 Å². The lowest BCUT2D eigenvalue weighted by Gasteiger charge is -2.33. The van der Waals surface area contributed by atoms with E-state index in [2.05, 4.69) is 66.3 Å². The van der Waals surface area contributed by atoms with E-state index >= 15 is 0 Å². The number of hydrogen-bond acceptors (Lipinski definition) is 3. The van der Waals surface area contributed by atoms with Gasteiger partial charge in [0.05, 0.1) is 0 Å². The van der Waals surface area contributed by atoms with Crippen LogP contribution in [0.3, 0.4) is 0 Å². The van der Waals surface area contributed by atoms with Crippen molar-refractivity contribution in [2.75, 3.05) is 31.6 Å². The van der Waals surface area contributed by atoms with Gasteiger partial charge in [0, 0.05) is 24.4 Å². The molecule has 0 spiro atoms. The second-order valence-corrected chi connectivity index (χ2v) is 6.46. The lowest BCUT2D eigenvalue weighted by molar-refractivity contribution is 0.184. The zero-order valence-corrected chi connectivity index (χ0v) is 13.0. The highest BCUT2D eigenvalue weighted by Crippen LogP contribution is 2.28. The minimum atomic E-state index is 0.497. The zero-order valence-electron chi connectivity index (χ0n) is 12.1. The molecule has 1 heterocycles. The number of hydrogen-bond donors (Lipinski definition) is 1. The summed E-state index contributed by atoms with van der Waals surface area (Å²) in [6.45, 7) is 4.38. The highest BCUT2D eigenvalue weighted by Gasteiger charge is 2.26. The fourth-order valence-corrected chi connectivity index (χ4v) is 3.96. The van der Waals surface area contributed by atoms with Gasteiger partial charge >= 0.3 is 0 Å². The molecule has 1 N–H and O–H groups in total. The van der Waals surface area contributed by atoms with Gasteiger partial charge in [-0.05, 0) is 37.8 Å². The summed E-state index contributed by atoms with van der Waals surface area (Å²) in [6, 6.07) is 12.2. The largest absolute Gasteiger partial charge is 0.315 e. The van der Waals surface area contributed by atoms with Gasteiger partial charge in [-0.15, -0.1) is 0 Å². The third-order valence-corrected chi connectivity index (χ3v) is 5.07. The van der Waals surface area contributed by atoms with E-state index in [9.17, 15) is 0 Å². The van der Waals surface area contributed by atoms with Gasteiger partial charge in [0.2, 0.25) is 0 Å². The number of nitrogens with zero attached hydrogens (tertiary/aromatic N) is 1. The zero-order chi connectivity index (χ0) is 13.5. The minimum Gasteiger partial charge on any atom is -0.315 e. The number of likely N-dealkylation sites (N-methyl/N-ethyl adjacent to an activating group) is 1. The molecule has 0 aliphatic carbocycles. The molecule has 2 atom stereocenters. The third-order valence-electron chi connectivity index (χ3n) is 3.92. The summed E-state index contributed by atoms with van der Waals surface area (Å²) in [5.41, 5.74) is 1.44. The molecule has 1 saturated heterocycles. The summed E-state index contributed by atoms with van der Waals surface area (Å²) in [5.74, 6) is 2.60. The van der Waals surface area contributed by atoms with Crippen molar-refractivity contribution in [3.63, 3.8) is 0 Å². The molecule has 2 nitrogen and oxygen atoms in total. The van der Waals surface area contributed by atoms with Gasteiger partial charge < -0.3 is 5.32 Å². The van der Waals surface area contributed by atoms with Crippen LogP contribution >= 0.6 is 11.8 Å². The Labute approximate surface area is 122 Å². The topological polar surface area (TPSA) is 15.3 Å². The van der Waals surface area contributed by atoms with E-state index in [0.717, 1.165) is 19.1 Å². The van der Waals surface area contributed by atoms with Crippen LogP contribution in [0.4, 0.5) is 0 Å². The lowest BCUT2D eigenvalue weighted by atomic mass is 10.0. The second-order valence-electron chi connectivity index (χ2n) is 5.31. The van der Waals surface area contributed by atoms with Crippen LogP contribution in [0.15, 0.2) is 30.3 Å². The average molecular weight is 278 g/mol. The molecule has 1 aromatic rings. The van der Waals surface area contributed by atoms with Crippen molar-refractivity contribution in [3.05, 3.63) is 35.9 Å². The molecule has 0 saturated carbocycles. The Morgan fingerprint density at radius 1 is 1.37 bits per heavy atom. The van der Waals surface area contributed by atoms with Crippen LogP contribution in [0.2, 0.25) is 0 Å². The maximum Gasteiger partial charge on any atom is 0.0472 e. The van der Waals surface area contributed by atoms with Crippen LogP contribution in [0.5, 0.6) is 0 Å². The van der Waals surface area contributed by atoms with Gasteiger partial charge in [0.15, 0.2) is 0 Å². The highest BCUT2D eigenvalue weighted by atomic mass is 32.2. The molecular weight excluding hydrogens is 252 g/mol. The van der Waals surface area contributed by atoms with Crippen molar-refractivity contribution >= 4 is 11.8 Å². The Balaban J connectivity index is 2.04. The molecule has 3 heteroatoms. The Morgan fingerprint density at radius 2 is 2.16 bits per heavy atom. The number of rotatable bonds is 7. The summed E-state index contributed by atoms with van der Waals surface area (Å²) in [4.78, 5) is 2.58. The number of benzene rings is 1. The predicted molar refractivity (Wildman–Crippen MR) is 85.8 cm³/mol. The Morgan fingerprint density at radius 3 is 2.79 bits per heavy atom. The molecular formula is C16H26N2S. The summed E-state index contributed by atoms with van der Waals surface area (Å²) in [6.07, 6.45) is 2.53. The van der Waals surface area contributed by atoms with E-state index < -0.39 is 0 Å². The second kappa shape index (κ2) is 7.93. The first kappa shape index (κ1) is 14.9. The fraction of sp³-hybridized carbons (Fsp3) is 0.625. The third kappa shape index (κ3) is 4.23. The molecule has 0 bridgehead atoms. The van der Waals surface area contributed by atoms with Gasteiger partial charge in [-0.25, -0.2) is 0 Å². The van der Waals surface area contributed by atoms with Crippen LogP contribution < -0.4 is 5.32 Å². The molecule has 1 fully saturated rings. The van der Waals surface area contributed by atoms with E-state index in [-0.39, 0.29) is 0 Å². The van der Waals surface area contributed by atoms with Crippen molar-refractivity contribution in [1.82, 2.24) is 10.2 Å². The first-order chi connectivity index (χ1) is 9.33. The highest BCUT2D eigenvalue weighted by molar-refractivity contribution is 7.99. The van der Waals surface area contributed by atoms with Crippen LogP contribution in [0.25, 0.3) is 0 Å². The van der Waals surface area contributed by atoms with Crippen molar-refractivity contribution < 1.29 is 0 Å². The van der Waals surface area contributed by atoms with Crippen LogP contribution in [0, 0.1) is 0 Å². The molecule has 0 amide bonds. The number of thioether (sulfide) groups is 1. The summed E-state index contributed by atoms with van der Waals surface area (Å²) in [5, 5.41) is 3.59. The normalized spacial score (nSPS) is 20.9. The number of nitrogens with one attached hydrogen (secondary N) is 1. The van der Waals surface area contributed by atoms with Crippen LogP contribution in [0.1, 0.15) is 31.4 Å². The van der Waals surface area contributed by atoms with E-state index in [1.165, 1.54) is 29.9 Å². The first-order valence-corrected chi connectivity index (χ1v) is 8.53. The van der Waals surface area contributed by atoms with Gasteiger partial charge in [0.1, 0.15) is 0 Å². The molecule has 0 radical (unpaired) electrons. The van der Waals surface area contributed by atoms with Crippen molar-refractivity contribution in [2.45, 2.75) is 31.8 Å². The molecule has 19 heavy (non-hydrogen) atoms. The Bertz CT molecular complexity index is 349. The van der Waals surface area contributed by atoms with Crippen LogP contribution in [-0.2, 0) is 0 Å². The van der Waals surface area contributed by atoms with Gasteiger partial charge in [0.25, 0.3) is 0 Å². The quantitative estimate of drug-likeness (QED) is 0.771. The van der Waals surface area contributed by atoms with E-state index in [4.69, 9.17) is 0 Å². The van der Waals surface area contributed by atoms with Crippen LogP contribution in [-0.4, -0.2) is 42.6 Å². The Hall–Kier alpha value is -0.510. The van der Waals surface area contributed by atoms with Crippen molar-refractivity contribution in [3.8, 4) is 0 Å². The molecule has 0 aromatic heterocycles. The molecule has 2 unspecified atom stereocenters. The standard InChI is InChI=1S/C16H26N2S/c1-3-10-17-12-16(14-7-5-4-6-8-14)18(2)15-9-11-19-13-15/h4-8,15-17H,3,9-13H2,1-2H3. The van der Waals surface area contributed by atoms with Gasteiger partial charge in [-0.3, -0.25) is 4.90 Å². The Kier molecular flexibility index (Phi) is 6.21. The summed E-state index contributed by atoms with van der Waals surface area (Å²) >= 11 is 2.09. The average Bonchev–Trinajstić information content (AvgIpc) is 2.98. The van der Waals surface area contributed by atoms with Gasteiger partial charge in [-0.1, -0.05) is 37.3 Å². The van der Waals surface area contributed by atoms with E-state index in [1.54, 1.807) is 0 Å². The van der Waals surface area contributed by atoms with Gasteiger partial charge in [-0.2, -0.15) is 11.8 Å². The SMILES string of the molecule is CCCNCC(c1ccccc1)N(C)C1CCSC1.